The first kappa shape index (κ1) is 11.4. The molecule has 1 unspecified atom stereocenters. The molecule has 0 fully saturated rings. The Bertz CT molecular complexity index is 156. The van der Waals surface area contributed by atoms with Gasteiger partial charge in [0.2, 0.25) is 0 Å². The van der Waals surface area contributed by atoms with E-state index in [1.807, 2.05) is 6.92 Å². The molecule has 0 radical (unpaired) electrons. The Hall–Kier alpha value is -0.560. The van der Waals surface area contributed by atoms with Gasteiger partial charge in [-0.15, -0.1) is 0 Å². The summed E-state index contributed by atoms with van der Waals surface area (Å²) in [5.41, 5.74) is 7.05. The number of hydrogen-bond acceptors (Lipinski definition) is 1. The van der Waals surface area contributed by atoms with E-state index >= 15 is 0 Å². The van der Waals surface area contributed by atoms with Crippen LogP contribution in [0, 0.1) is 5.92 Å². The monoisotopic (exact) mass is 167 g/mol. The van der Waals surface area contributed by atoms with E-state index in [0.717, 1.165) is 19.4 Å². The second-order valence-electron chi connectivity index (χ2n) is 3.25. The second-order valence-corrected chi connectivity index (χ2v) is 3.25. The molecular formula is C11H21N. The van der Waals surface area contributed by atoms with Crippen molar-refractivity contribution in [3.8, 4) is 0 Å². The third kappa shape index (κ3) is 5.14. The molecule has 0 saturated carbocycles. The predicted molar refractivity (Wildman–Crippen MR) is 56.0 cm³/mol. The largest absolute Gasteiger partial charge is 0.330 e. The van der Waals surface area contributed by atoms with Crippen molar-refractivity contribution in [3.05, 3.63) is 23.8 Å². The third-order valence-electron chi connectivity index (χ3n) is 1.99. The molecule has 0 spiro atoms. The normalized spacial score (nSPS) is 15.5. The zero-order valence-corrected chi connectivity index (χ0v) is 8.51. The van der Waals surface area contributed by atoms with Crippen molar-refractivity contribution in [1.82, 2.24) is 0 Å². The Morgan fingerprint density at radius 3 is 2.58 bits per heavy atom. The van der Waals surface area contributed by atoms with Crippen molar-refractivity contribution >= 4 is 0 Å². The lowest BCUT2D eigenvalue weighted by Crippen LogP contribution is -2.11. The zero-order valence-electron chi connectivity index (χ0n) is 8.51. The number of rotatable bonds is 5. The van der Waals surface area contributed by atoms with Crippen LogP contribution in [0.4, 0.5) is 0 Å². The van der Waals surface area contributed by atoms with Gasteiger partial charge in [-0.3, -0.25) is 0 Å². The van der Waals surface area contributed by atoms with Crippen LogP contribution in [0.2, 0.25) is 0 Å². The van der Waals surface area contributed by atoms with E-state index < -0.39 is 0 Å². The molecule has 0 saturated heterocycles. The number of allylic oxidation sites excluding steroid dienone is 4. The molecule has 1 heteroatoms. The van der Waals surface area contributed by atoms with E-state index in [2.05, 4.69) is 32.1 Å². The molecule has 0 heterocycles. The highest BCUT2D eigenvalue weighted by Crippen LogP contribution is 2.13. The topological polar surface area (TPSA) is 26.0 Å². The quantitative estimate of drug-likeness (QED) is 0.626. The molecule has 2 N–H and O–H groups in total. The summed E-state index contributed by atoms with van der Waals surface area (Å²) in [6.45, 7) is 7.21. The van der Waals surface area contributed by atoms with E-state index in [1.54, 1.807) is 0 Å². The number of nitrogens with two attached hydrogens (primary N) is 1. The third-order valence-corrected chi connectivity index (χ3v) is 1.99. The van der Waals surface area contributed by atoms with Crippen LogP contribution in [0.25, 0.3) is 0 Å². The van der Waals surface area contributed by atoms with Crippen molar-refractivity contribution in [1.29, 1.82) is 0 Å². The summed E-state index contributed by atoms with van der Waals surface area (Å²) in [4.78, 5) is 0. The molecule has 0 aliphatic heterocycles. The summed E-state index contributed by atoms with van der Waals surface area (Å²) in [7, 11) is 0. The minimum atomic E-state index is 0.612. The Balaban J connectivity index is 3.98. The van der Waals surface area contributed by atoms with Crippen LogP contribution >= 0.6 is 0 Å². The van der Waals surface area contributed by atoms with E-state index in [-0.39, 0.29) is 0 Å². The van der Waals surface area contributed by atoms with Gasteiger partial charge in [-0.05, 0) is 32.2 Å². The average Bonchev–Trinajstić information content (AvgIpc) is 2.11. The zero-order chi connectivity index (χ0) is 9.40. The van der Waals surface area contributed by atoms with Crippen molar-refractivity contribution in [2.75, 3.05) is 6.54 Å². The molecule has 1 nitrogen and oxygen atoms in total. The van der Waals surface area contributed by atoms with Crippen molar-refractivity contribution in [3.63, 3.8) is 0 Å². The van der Waals surface area contributed by atoms with Gasteiger partial charge in [0, 0.05) is 0 Å². The van der Waals surface area contributed by atoms with Gasteiger partial charge in [0.1, 0.15) is 0 Å². The highest BCUT2D eigenvalue weighted by molar-refractivity contribution is 5.12. The van der Waals surface area contributed by atoms with Gasteiger partial charge in [0.05, 0.1) is 0 Å². The lowest BCUT2D eigenvalue weighted by atomic mass is 9.99. The Kier molecular flexibility index (Phi) is 6.78. The standard InChI is InChI=1S/C11H21N/c1-4-6-7-11(5-2)8-10(3)9-12/h4,6-7,10H,5,8-9,12H2,1-3H3/b6-4-,11-7+. The first-order valence-corrected chi connectivity index (χ1v) is 4.75. The molecule has 0 aliphatic rings. The maximum Gasteiger partial charge on any atom is -0.00484 e. The Morgan fingerprint density at radius 1 is 1.50 bits per heavy atom. The molecule has 0 aromatic rings. The molecule has 1 atom stereocenters. The fourth-order valence-corrected chi connectivity index (χ4v) is 1.09. The maximum atomic E-state index is 5.56. The number of hydrogen-bond donors (Lipinski definition) is 1. The summed E-state index contributed by atoms with van der Waals surface area (Å²) in [6.07, 6.45) is 8.63. The van der Waals surface area contributed by atoms with Crippen LogP contribution in [-0.4, -0.2) is 6.54 Å². The fourth-order valence-electron chi connectivity index (χ4n) is 1.09. The lowest BCUT2D eigenvalue weighted by molar-refractivity contribution is 0.581. The molecule has 12 heavy (non-hydrogen) atoms. The van der Waals surface area contributed by atoms with Gasteiger partial charge in [0.15, 0.2) is 0 Å². The Labute approximate surface area is 76.3 Å². The van der Waals surface area contributed by atoms with Gasteiger partial charge in [-0.1, -0.05) is 37.6 Å². The summed E-state index contributed by atoms with van der Waals surface area (Å²) in [5.74, 6) is 0.612. The molecule has 0 aromatic heterocycles. The van der Waals surface area contributed by atoms with Crippen LogP contribution in [0.5, 0.6) is 0 Å². The Morgan fingerprint density at radius 2 is 2.17 bits per heavy atom. The van der Waals surface area contributed by atoms with Crippen molar-refractivity contribution in [2.45, 2.75) is 33.6 Å². The second kappa shape index (κ2) is 7.11. The van der Waals surface area contributed by atoms with Crippen molar-refractivity contribution in [2.24, 2.45) is 11.7 Å². The van der Waals surface area contributed by atoms with Crippen LogP contribution in [0.1, 0.15) is 33.6 Å². The molecule has 0 amide bonds. The fraction of sp³-hybridized carbons (Fsp3) is 0.636. The minimum Gasteiger partial charge on any atom is -0.330 e. The SMILES string of the molecule is C/C=C\C=C(/CC)CC(C)CN. The first-order valence-electron chi connectivity index (χ1n) is 4.75. The summed E-state index contributed by atoms with van der Waals surface area (Å²) in [6, 6.07) is 0. The molecule has 0 aliphatic carbocycles. The molecule has 0 aromatic carbocycles. The van der Waals surface area contributed by atoms with E-state index in [1.165, 1.54) is 5.57 Å². The molecular weight excluding hydrogens is 146 g/mol. The lowest BCUT2D eigenvalue weighted by Gasteiger charge is -2.09. The maximum absolute atomic E-state index is 5.56. The van der Waals surface area contributed by atoms with Gasteiger partial charge in [-0.2, -0.15) is 0 Å². The summed E-state index contributed by atoms with van der Waals surface area (Å²) < 4.78 is 0. The highest BCUT2D eigenvalue weighted by Gasteiger charge is 2.00. The smallest absolute Gasteiger partial charge is 0.00484 e. The van der Waals surface area contributed by atoms with E-state index in [9.17, 15) is 0 Å². The van der Waals surface area contributed by atoms with Gasteiger partial charge in [0.25, 0.3) is 0 Å². The highest BCUT2D eigenvalue weighted by atomic mass is 14.5. The van der Waals surface area contributed by atoms with Crippen LogP contribution in [0.15, 0.2) is 23.8 Å². The van der Waals surface area contributed by atoms with E-state index in [0.29, 0.717) is 5.92 Å². The van der Waals surface area contributed by atoms with Crippen LogP contribution < -0.4 is 5.73 Å². The van der Waals surface area contributed by atoms with Gasteiger partial charge < -0.3 is 5.73 Å². The summed E-state index contributed by atoms with van der Waals surface area (Å²) >= 11 is 0. The van der Waals surface area contributed by atoms with Gasteiger partial charge >= 0.3 is 0 Å². The van der Waals surface area contributed by atoms with Crippen molar-refractivity contribution < 1.29 is 0 Å². The van der Waals surface area contributed by atoms with Crippen LogP contribution in [-0.2, 0) is 0 Å². The average molecular weight is 167 g/mol. The molecule has 0 bridgehead atoms. The molecule has 0 rings (SSSR count). The minimum absolute atomic E-state index is 0.612. The predicted octanol–water partition coefficient (Wildman–Crippen LogP) is 2.88. The van der Waals surface area contributed by atoms with Crippen LogP contribution in [0.3, 0.4) is 0 Å². The first-order chi connectivity index (χ1) is 5.74. The van der Waals surface area contributed by atoms with Gasteiger partial charge in [-0.25, -0.2) is 0 Å². The summed E-state index contributed by atoms with van der Waals surface area (Å²) in [5, 5.41) is 0. The van der Waals surface area contributed by atoms with E-state index in [4.69, 9.17) is 5.73 Å². The molecule has 70 valence electrons.